The fraction of sp³-hybridized carbons (Fsp3) is 0.192. The lowest BCUT2D eigenvalue weighted by Gasteiger charge is -2.14. The molecule has 3 aromatic carbocycles. The molecule has 2 N–H and O–H groups in total. The number of benzene rings is 3. The van der Waals surface area contributed by atoms with Crippen LogP contribution in [0.1, 0.15) is 23.6 Å². The normalized spacial score (nSPS) is 16.4. The average Bonchev–Trinajstić information content (AvgIpc) is 3.17. The van der Waals surface area contributed by atoms with E-state index in [1.807, 2.05) is 30.3 Å². The van der Waals surface area contributed by atoms with Gasteiger partial charge in [-0.2, -0.15) is 0 Å². The van der Waals surface area contributed by atoms with Crippen molar-refractivity contribution in [2.45, 2.75) is 25.4 Å². The lowest BCUT2D eigenvalue weighted by atomic mass is 10.1. The van der Waals surface area contributed by atoms with Crippen molar-refractivity contribution in [2.75, 3.05) is 12.4 Å². The van der Waals surface area contributed by atoms with Gasteiger partial charge in [0.15, 0.2) is 17.0 Å². The number of carbonyl (C=O) groups is 1. The van der Waals surface area contributed by atoms with Crippen LogP contribution in [-0.2, 0) is 17.8 Å². The zero-order chi connectivity index (χ0) is 24.1. The summed E-state index contributed by atoms with van der Waals surface area (Å²) in [4.78, 5) is 13.2. The van der Waals surface area contributed by atoms with Gasteiger partial charge in [0.05, 0.1) is 15.6 Å². The first kappa shape index (κ1) is 25.2. The third-order valence-corrected chi connectivity index (χ3v) is 7.79. The van der Waals surface area contributed by atoms with E-state index in [0.29, 0.717) is 23.0 Å². The molecule has 1 amide bonds. The van der Waals surface area contributed by atoms with Crippen LogP contribution < -0.4 is 20.1 Å². The van der Waals surface area contributed by atoms with Crippen LogP contribution in [0, 0.1) is 7.14 Å². The number of carbonyl (C=O) groups excluding carboxylic acids is 1. The first-order valence-corrected chi connectivity index (χ1v) is 13.8. The molecule has 1 heterocycles. The van der Waals surface area contributed by atoms with Crippen LogP contribution in [-0.4, -0.2) is 18.5 Å². The largest absolute Gasteiger partial charge is 0.493 e. The summed E-state index contributed by atoms with van der Waals surface area (Å²) in [6.45, 7) is 2.58. The molecular weight excluding hydrogens is 674 g/mol. The van der Waals surface area contributed by atoms with E-state index in [2.05, 4.69) is 99.1 Å². The van der Waals surface area contributed by atoms with E-state index < -0.39 is 0 Å². The molecule has 8 heteroatoms. The second-order valence-electron chi connectivity index (χ2n) is 7.62. The van der Waals surface area contributed by atoms with Crippen LogP contribution >= 0.6 is 56.9 Å². The summed E-state index contributed by atoms with van der Waals surface area (Å²) in [7, 11) is 1.63. The van der Waals surface area contributed by atoms with E-state index in [1.165, 1.54) is 20.9 Å². The van der Waals surface area contributed by atoms with Gasteiger partial charge in [-0.05, 0) is 111 Å². The molecule has 1 aliphatic heterocycles. The van der Waals surface area contributed by atoms with E-state index in [0.717, 1.165) is 26.8 Å². The minimum atomic E-state index is -0.219. The molecule has 1 fully saturated rings. The highest BCUT2D eigenvalue weighted by molar-refractivity contribution is 14.1. The number of nitrogens with one attached hydrogen (secondary N) is 2. The van der Waals surface area contributed by atoms with Gasteiger partial charge >= 0.3 is 0 Å². The Kier molecular flexibility index (Phi) is 8.65. The summed E-state index contributed by atoms with van der Waals surface area (Å²) in [6, 6.07) is 20.4. The first-order chi connectivity index (χ1) is 16.4. The number of rotatable bonds is 8. The second kappa shape index (κ2) is 11.7. The molecule has 0 radical (unpaired) electrons. The molecule has 176 valence electrons. The van der Waals surface area contributed by atoms with Crippen molar-refractivity contribution >= 4 is 74.6 Å². The molecule has 1 aliphatic rings. The van der Waals surface area contributed by atoms with Crippen LogP contribution in [0.2, 0.25) is 0 Å². The Hall–Kier alpha value is -1.92. The molecule has 3 aromatic rings. The Morgan fingerprint density at radius 2 is 1.76 bits per heavy atom. The van der Waals surface area contributed by atoms with Crippen molar-refractivity contribution in [2.24, 2.45) is 0 Å². The minimum Gasteiger partial charge on any atom is -0.493 e. The quantitative estimate of drug-likeness (QED) is 0.204. The van der Waals surface area contributed by atoms with Crippen molar-refractivity contribution in [3.63, 3.8) is 0 Å². The van der Waals surface area contributed by atoms with E-state index in [4.69, 9.17) is 9.47 Å². The average molecular weight is 698 g/mol. The number of amides is 1. The number of ether oxygens (including phenoxy) is 2. The lowest BCUT2D eigenvalue weighted by Crippen LogP contribution is -2.30. The van der Waals surface area contributed by atoms with Gasteiger partial charge in [0, 0.05) is 9.26 Å². The van der Waals surface area contributed by atoms with E-state index in [1.54, 1.807) is 7.11 Å². The van der Waals surface area contributed by atoms with E-state index >= 15 is 0 Å². The molecule has 4 rings (SSSR count). The third-order valence-electron chi connectivity index (χ3n) is 5.24. The summed E-state index contributed by atoms with van der Waals surface area (Å²) in [5.74, 6) is 1.24. The van der Waals surface area contributed by atoms with Gasteiger partial charge in [-0.3, -0.25) is 4.79 Å². The molecule has 34 heavy (non-hydrogen) atoms. The van der Waals surface area contributed by atoms with Gasteiger partial charge in [-0.1, -0.05) is 43.0 Å². The van der Waals surface area contributed by atoms with Crippen LogP contribution in [0.5, 0.6) is 11.5 Å². The topological polar surface area (TPSA) is 59.6 Å². The standard InChI is InChI=1S/C26H24I2N2O3S/c1-3-16-6-10-20(11-7-16)29-26-30-25(31)23(34-26)14-18-12-21(28)24(22(13-18)32-2)33-15-17-4-8-19(27)9-5-17/h4-14,26,29H,3,15H2,1-2H3,(H,30,31)/b23-14-/t26-/m0/s1. The molecule has 0 bridgehead atoms. The van der Waals surface area contributed by atoms with Crippen LogP contribution in [0.25, 0.3) is 6.08 Å². The predicted octanol–water partition coefficient (Wildman–Crippen LogP) is 6.65. The lowest BCUT2D eigenvalue weighted by molar-refractivity contribution is -0.116. The maximum Gasteiger partial charge on any atom is 0.260 e. The van der Waals surface area contributed by atoms with Crippen LogP contribution in [0.15, 0.2) is 65.6 Å². The maximum absolute atomic E-state index is 12.6. The third kappa shape index (κ3) is 6.39. The van der Waals surface area contributed by atoms with Crippen molar-refractivity contribution in [1.82, 2.24) is 5.32 Å². The second-order valence-corrected chi connectivity index (χ2v) is 11.2. The highest BCUT2D eigenvalue weighted by atomic mass is 127. The van der Waals surface area contributed by atoms with Gasteiger partial charge in [0.25, 0.3) is 5.91 Å². The zero-order valence-corrected chi connectivity index (χ0v) is 23.9. The number of methoxy groups -OCH3 is 1. The summed E-state index contributed by atoms with van der Waals surface area (Å²) >= 11 is 5.99. The molecule has 5 nitrogen and oxygen atoms in total. The smallest absolute Gasteiger partial charge is 0.260 e. The number of anilines is 1. The molecule has 1 saturated heterocycles. The fourth-order valence-electron chi connectivity index (χ4n) is 3.40. The van der Waals surface area contributed by atoms with Crippen LogP contribution in [0.3, 0.4) is 0 Å². The Morgan fingerprint density at radius 3 is 2.44 bits per heavy atom. The van der Waals surface area contributed by atoms with Crippen molar-refractivity contribution in [3.05, 3.63) is 89.4 Å². The number of thioether (sulfide) groups is 1. The molecule has 1 atom stereocenters. The van der Waals surface area contributed by atoms with E-state index in [-0.39, 0.29) is 11.4 Å². The van der Waals surface area contributed by atoms with Gasteiger partial charge < -0.3 is 20.1 Å². The number of hydrogen-bond donors (Lipinski definition) is 2. The molecule has 0 spiro atoms. The monoisotopic (exact) mass is 698 g/mol. The van der Waals surface area contributed by atoms with Gasteiger partial charge in [0.1, 0.15) is 6.61 Å². The zero-order valence-electron chi connectivity index (χ0n) is 18.7. The van der Waals surface area contributed by atoms with Gasteiger partial charge in [0.2, 0.25) is 0 Å². The summed E-state index contributed by atoms with van der Waals surface area (Å²) in [5, 5.41) is 6.35. The van der Waals surface area contributed by atoms with Gasteiger partial charge in [-0.15, -0.1) is 0 Å². The molecular formula is C26H24I2N2O3S. The maximum atomic E-state index is 12.6. The Bertz CT molecular complexity index is 1200. The minimum absolute atomic E-state index is 0.0966. The highest BCUT2D eigenvalue weighted by Crippen LogP contribution is 2.37. The molecule has 0 aliphatic carbocycles. The number of aryl methyl sites for hydroxylation is 1. The molecule has 0 unspecified atom stereocenters. The Morgan fingerprint density at radius 1 is 1.06 bits per heavy atom. The number of halogens is 2. The summed E-state index contributed by atoms with van der Waals surface area (Å²) < 4.78 is 13.8. The molecule has 0 aromatic heterocycles. The van der Waals surface area contributed by atoms with E-state index in [9.17, 15) is 4.79 Å². The van der Waals surface area contributed by atoms with Crippen molar-refractivity contribution < 1.29 is 14.3 Å². The van der Waals surface area contributed by atoms with Crippen LogP contribution in [0.4, 0.5) is 5.69 Å². The van der Waals surface area contributed by atoms with Crippen molar-refractivity contribution in [1.29, 1.82) is 0 Å². The predicted molar refractivity (Wildman–Crippen MR) is 156 cm³/mol. The molecule has 0 saturated carbocycles. The van der Waals surface area contributed by atoms with Gasteiger partial charge in [-0.25, -0.2) is 0 Å². The fourth-order valence-corrected chi connectivity index (χ4v) is 5.53. The highest BCUT2D eigenvalue weighted by Gasteiger charge is 2.27. The number of hydrogen-bond acceptors (Lipinski definition) is 5. The summed E-state index contributed by atoms with van der Waals surface area (Å²) in [6.07, 6.45) is 2.88. The first-order valence-electron chi connectivity index (χ1n) is 10.7. The Labute approximate surface area is 231 Å². The Balaban J connectivity index is 1.46. The van der Waals surface area contributed by atoms with Crippen molar-refractivity contribution in [3.8, 4) is 11.5 Å². The SMILES string of the molecule is CCc1ccc(N[C@H]2NC(=O)/C(=C/c3cc(I)c(OCc4ccc(I)cc4)c(OC)c3)S2)cc1. The summed E-state index contributed by atoms with van der Waals surface area (Å²) in [5.41, 5.74) is 4.01.